The third-order valence-corrected chi connectivity index (χ3v) is 6.87. The average Bonchev–Trinajstić information content (AvgIpc) is 3.22. The molecule has 0 saturated carbocycles. The number of aryl methyl sites for hydroxylation is 2. The molecule has 0 saturated heterocycles. The average molecular weight is 534 g/mol. The Labute approximate surface area is 227 Å². The van der Waals surface area contributed by atoms with E-state index in [1.807, 2.05) is 24.3 Å². The lowest BCUT2D eigenvalue weighted by atomic mass is 10.1. The summed E-state index contributed by atoms with van der Waals surface area (Å²) in [6.07, 6.45) is 3.12. The zero-order chi connectivity index (χ0) is 26.5. The maximum absolute atomic E-state index is 13.3. The Hall–Kier alpha value is -3.52. The maximum Gasteiger partial charge on any atom is 0.238 e. The molecule has 38 heavy (non-hydrogen) atoms. The predicted molar refractivity (Wildman–Crippen MR) is 150 cm³/mol. The van der Waals surface area contributed by atoms with Crippen molar-refractivity contribution in [2.75, 3.05) is 38.2 Å². The van der Waals surface area contributed by atoms with Gasteiger partial charge in [0.1, 0.15) is 6.61 Å². The molecule has 7 nitrogen and oxygen atoms in total. The predicted octanol–water partition coefficient (Wildman–Crippen LogP) is 6.04. The molecule has 1 aliphatic rings. The lowest BCUT2D eigenvalue weighted by Gasteiger charge is -2.22. The Morgan fingerprint density at radius 2 is 1.79 bits per heavy atom. The van der Waals surface area contributed by atoms with E-state index in [2.05, 4.69) is 53.2 Å². The van der Waals surface area contributed by atoms with Crippen LogP contribution in [0.15, 0.2) is 66.9 Å². The molecule has 5 rings (SSSR count). The molecule has 8 heteroatoms. The molecule has 1 aliphatic heterocycles. The summed E-state index contributed by atoms with van der Waals surface area (Å²) in [7, 11) is 2.07. The minimum atomic E-state index is -0.161. The molecular weight excluding hydrogens is 502 g/mol. The topological polar surface area (TPSA) is 65.0 Å². The summed E-state index contributed by atoms with van der Waals surface area (Å²) < 4.78 is 20.2. The number of carbonyl (C=O) groups excluding carboxylic acids is 1. The molecule has 0 radical (unpaired) electrons. The van der Waals surface area contributed by atoms with Crippen LogP contribution in [0, 0.1) is 0 Å². The van der Waals surface area contributed by atoms with Gasteiger partial charge < -0.3 is 24.1 Å². The number of hydrogen-bond acceptors (Lipinski definition) is 5. The van der Waals surface area contributed by atoms with Crippen LogP contribution in [0.25, 0.3) is 10.9 Å². The number of anilines is 1. The van der Waals surface area contributed by atoms with Crippen molar-refractivity contribution in [1.29, 1.82) is 0 Å². The first kappa shape index (κ1) is 26.1. The summed E-state index contributed by atoms with van der Waals surface area (Å²) in [5.41, 5.74) is 4.22. The number of carbonyl (C=O) groups is 1. The normalized spacial score (nSPS) is 15.4. The SMILES string of the molecule is CCc1cccc2c(CN3CCOCCOc4ccccc4Oc4ccc(Cl)cc4NC(=O)C3)cn(C)c12. The standard InChI is InChI=1S/C30H32ClN3O4/c1-3-21-7-6-8-24-22(18-33(2)30(21)24)19-34-13-14-36-15-16-37-27-9-4-5-10-28(27)38-26-12-11-23(31)17-25(26)32-29(35)20-34/h4-12,17-18H,3,13-16,19-20H2,1-2H3,(H,32,35). The van der Waals surface area contributed by atoms with Crippen LogP contribution < -0.4 is 14.8 Å². The van der Waals surface area contributed by atoms with E-state index in [1.165, 1.54) is 22.0 Å². The van der Waals surface area contributed by atoms with Gasteiger partial charge in [0.15, 0.2) is 17.2 Å². The van der Waals surface area contributed by atoms with Crippen molar-refractivity contribution >= 4 is 34.1 Å². The smallest absolute Gasteiger partial charge is 0.238 e. The summed E-state index contributed by atoms with van der Waals surface area (Å²) in [5, 5.41) is 4.71. The van der Waals surface area contributed by atoms with Crippen LogP contribution >= 0.6 is 11.6 Å². The highest BCUT2D eigenvalue weighted by molar-refractivity contribution is 6.31. The first-order valence-electron chi connectivity index (χ1n) is 12.9. The third kappa shape index (κ3) is 5.96. The number of hydrogen-bond donors (Lipinski definition) is 1. The second kappa shape index (κ2) is 11.9. The fourth-order valence-corrected chi connectivity index (χ4v) is 5.03. The Balaban J connectivity index is 1.42. The third-order valence-electron chi connectivity index (χ3n) is 6.63. The van der Waals surface area contributed by atoms with Gasteiger partial charge in [-0.3, -0.25) is 9.69 Å². The lowest BCUT2D eigenvalue weighted by molar-refractivity contribution is -0.117. The summed E-state index contributed by atoms with van der Waals surface area (Å²) in [5.74, 6) is 1.47. The number of rotatable bonds is 3. The molecule has 0 bridgehead atoms. The number of benzene rings is 3. The van der Waals surface area contributed by atoms with Crippen LogP contribution in [0.1, 0.15) is 18.1 Å². The number of amides is 1. The van der Waals surface area contributed by atoms with Crippen LogP contribution in [-0.2, 0) is 29.5 Å². The minimum Gasteiger partial charge on any atom is -0.487 e. The van der Waals surface area contributed by atoms with Crippen LogP contribution in [0.4, 0.5) is 5.69 Å². The molecule has 1 N–H and O–H groups in total. The van der Waals surface area contributed by atoms with E-state index in [0.29, 0.717) is 60.9 Å². The van der Waals surface area contributed by atoms with Gasteiger partial charge in [-0.15, -0.1) is 0 Å². The first-order valence-corrected chi connectivity index (χ1v) is 13.2. The number of ether oxygens (including phenoxy) is 3. The Morgan fingerprint density at radius 3 is 2.63 bits per heavy atom. The highest BCUT2D eigenvalue weighted by Gasteiger charge is 2.18. The molecule has 4 aromatic rings. The van der Waals surface area contributed by atoms with Crippen LogP contribution in [0.2, 0.25) is 5.02 Å². The van der Waals surface area contributed by atoms with E-state index >= 15 is 0 Å². The van der Waals surface area contributed by atoms with E-state index < -0.39 is 0 Å². The zero-order valence-electron chi connectivity index (χ0n) is 21.7. The van der Waals surface area contributed by atoms with Crippen molar-refractivity contribution < 1.29 is 19.0 Å². The van der Waals surface area contributed by atoms with E-state index in [1.54, 1.807) is 18.2 Å². The molecule has 0 unspecified atom stereocenters. The second-order valence-corrected chi connectivity index (χ2v) is 9.78. The lowest BCUT2D eigenvalue weighted by Crippen LogP contribution is -2.35. The van der Waals surface area contributed by atoms with Crippen molar-refractivity contribution in [3.05, 3.63) is 83.0 Å². The number of aromatic nitrogens is 1. The number of fused-ring (bicyclic) bond motifs is 3. The van der Waals surface area contributed by atoms with Crippen LogP contribution in [0.5, 0.6) is 17.2 Å². The van der Waals surface area contributed by atoms with Crippen molar-refractivity contribution in [1.82, 2.24) is 9.47 Å². The Kier molecular flexibility index (Phi) is 8.17. The Morgan fingerprint density at radius 1 is 0.947 bits per heavy atom. The van der Waals surface area contributed by atoms with Gasteiger partial charge in [-0.1, -0.05) is 48.9 Å². The highest BCUT2D eigenvalue weighted by atomic mass is 35.5. The number of para-hydroxylation sites is 3. The van der Waals surface area contributed by atoms with Gasteiger partial charge in [0.05, 0.1) is 31.0 Å². The maximum atomic E-state index is 13.3. The van der Waals surface area contributed by atoms with Crippen LogP contribution in [0.3, 0.4) is 0 Å². The van der Waals surface area contributed by atoms with Gasteiger partial charge >= 0.3 is 0 Å². The number of halogens is 1. The quantitative estimate of drug-likeness (QED) is 0.348. The van der Waals surface area contributed by atoms with Crippen molar-refractivity contribution in [2.45, 2.75) is 19.9 Å². The van der Waals surface area contributed by atoms with Crippen molar-refractivity contribution in [2.24, 2.45) is 7.05 Å². The molecule has 0 atom stereocenters. The molecule has 0 aliphatic carbocycles. The number of nitrogens with zero attached hydrogens (tertiary/aromatic N) is 2. The number of nitrogens with one attached hydrogen (secondary N) is 1. The monoisotopic (exact) mass is 533 g/mol. The van der Waals surface area contributed by atoms with Crippen LogP contribution in [-0.4, -0.2) is 48.3 Å². The largest absolute Gasteiger partial charge is 0.487 e. The first-order chi connectivity index (χ1) is 18.5. The molecule has 0 spiro atoms. The molecule has 3 aromatic carbocycles. The summed E-state index contributed by atoms with van der Waals surface area (Å²) in [6.45, 7) is 4.84. The second-order valence-electron chi connectivity index (χ2n) is 9.34. The molecule has 198 valence electrons. The molecule has 0 fully saturated rings. The summed E-state index contributed by atoms with van der Waals surface area (Å²) in [6, 6.07) is 19.0. The van der Waals surface area contributed by atoms with Gasteiger partial charge in [-0.2, -0.15) is 0 Å². The van der Waals surface area contributed by atoms with Gasteiger partial charge in [0.2, 0.25) is 5.91 Å². The van der Waals surface area contributed by atoms with E-state index in [-0.39, 0.29) is 12.5 Å². The molecule has 1 aromatic heterocycles. The van der Waals surface area contributed by atoms with E-state index in [9.17, 15) is 4.79 Å². The van der Waals surface area contributed by atoms with Crippen molar-refractivity contribution in [3.8, 4) is 17.2 Å². The van der Waals surface area contributed by atoms with E-state index in [0.717, 1.165) is 6.42 Å². The molecular formula is C30H32ClN3O4. The summed E-state index contributed by atoms with van der Waals surface area (Å²) >= 11 is 6.28. The van der Waals surface area contributed by atoms with Crippen molar-refractivity contribution in [3.63, 3.8) is 0 Å². The minimum absolute atomic E-state index is 0.161. The zero-order valence-corrected chi connectivity index (χ0v) is 22.5. The van der Waals surface area contributed by atoms with Gasteiger partial charge in [0.25, 0.3) is 0 Å². The van der Waals surface area contributed by atoms with E-state index in [4.69, 9.17) is 25.8 Å². The fraction of sp³-hybridized carbons (Fsp3) is 0.300. The molecule has 1 amide bonds. The van der Waals surface area contributed by atoms with Gasteiger partial charge in [-0.05, 0) is 47.9 Å². The van der Waals surface area contributed by atoms with Gasteiger partial charge in [0, 0.05) is 36.7 Å². The molecule has 2 heterocycles. The highest BCUT2D eigenvalue weighted by Crippen LogP contribution is 2.36. The fourth-order valence-electron chi connectivity index (χ4n) is 4.86. The Bertz CT molecular complexity index is 1430. The van der Waals surface area contributed by atoms with Gasteiger partial charge in [-0.25, -0.2) is 0 Å². The summed E-state index contributed by atoms with van der Waals surface area (Å²) in [4.78, 5) is 15.4.